The van der Waals surface area contributed by atoms with Gasteiger partial charge >= 0.3 is 0 Å². The average Bonchev–Trinajstić information content (AvgIpc) is 3.40. The third-order valence-electron chi connectivity index (χ3n) is 6.21. The first-order chi connectivity index (χ1) is 17.6. The molecule has 0 aromatic carbocycles. The Balaban J connectivity index is 1.53. The van der Waals surface area contributed by atoms with Crippen molar-refractivity contribution in [1.82, 2.24) is 14.8 Å². The Morgan fingerprint density at radius 2 is 1.58 bits per heavy atom. The second-order valence-corrected chi connectivity index (χ2v) is 9.04. The van der Waals surface area contributed by atoms with E-state index >= 15 is 0 Å². The van der Waals surface area contributed by atoms with Crippen LogP contribution in [0, 0.1) is 0 Å². The van der Waals surface area contributed by atoms with E-state index in [-0.39, 0.29) is 17.9 Å². The van der Waals surface area contributed by atoms with Crippen molar-refractivity contribution in [1.29, 1.82) is 0 Å². The summed E-state index contributed by atoms with van der Waals surface area (Å²) in [6.45, 7) is 3.48. The van der Waals surface area contributed by atoms with E-state index < -0.39 is 0 Å². The second kappa shape index (κ2) is 18.1. The fraction of sp³-hybridized carbons (Fsp3) is 0.452. The highest BCUT2D eigenvalue weighted by Crippen LogP contribution is 2.18. The molecule has 36 heavy (non-hydrogen) atoms. The highest BCUT2D eigenvalue weighted by Gasteiger charge is 2.31. The molecule has 5 nitrogen and oxygen atoms in total. The Labute approximate surface area is 218 Å². The Hall–Kier alpha value is -3.21. The van der Waals surface area contributed by atoms with Crippen LogP contribution in [-0.2, 0) is 4.79 Å². The zero-order valence-electron chi connectivity index (χ0n) is 22.1. The Morgan fingerprint density at radius 3 is 2.17 bits per heavy atom. The predicted molar refractivity (Wildman–Crippen MR) is 150 cm³/mol. The number of carbonyl (C=O) groups excluding carboxylic acids is 2. The standard InChI is InChI=1S/C31H43N3O2/c1-3-4-5-6-7-8-9-10-11-12-13-14-15-16-17-18-19-22-30(35)34-25-23-29(27-34)33(2)31(36)28-21-20-24-32-26-28/h4-5,7-8,10-11,13-14,16-17,20-21,24,26,29H,3,6,9,12,15,18-19,22-23,25,27H2,1-2H3/b5-4-,8-7-,11-10-,14-13-,17-16-/t29-/m0/s1. The lowest BCUT2D eigenvalue weighted by atomic mass is 10.2. The lowest BCUT2D eigenvalue weighted by Gasteiger charge is -2.25. The quantitative estimate of drug-likeness (QED) is 0.204. The molecule has 194 valence electrons. The van der Waals surface area contributed by atoms with Crippen molar-refractivity contribution < 1.29 is 9.59 Å². The van der Waals surface area contributed by atoms with Gasteiger partial charge in [0.15, 0.2) is 0 Å². The van der Waals surface area contributed by atoms with Gasteiger partial charge in [-0.3, -0.25) is 14.6 Å². The summed E-state index contributed by atoms with van der Waals surface area (Å²) in [5.74, 6) is 0.146. The van der Waals surface area contributed by atoms with Crippen LogP contribution in [0.25, 0.3) is 0 Å². The maximum Gasteiger partial charge on any atom is 0.255 e. The lowest BCUT2D eigenvalue weighted by Crippen LogP contribution is -2.40. The van der Waals surface area contributed by atoms with E-state index in [4.69, 9.17) is 0 Å². The number of rotatable bonds is 15. The molecule has 0 N–H and O–H groups in total. The molecular weight excluding hydrogens is 446 g/mol. The summed E-state index contributed by atoms with van der Waals surface area (Å²) in [5.41, 5.74) is 0.585. The van der Waals surface area contributed by atoms with Crippen molar-refractivity contribution >= 4 is 11.8 Å². The van der Waals surface area contributed by atoms with Gasteiger partial charge < -0.3 is 9.80 Å². The smallest absolute Gasteiger partial charge is 0.255 e. The molecule has 0 saturated carbocycles. The average molecular weight is 490 g/mol. The number of pyridine rings is 1. The lowest BCUT2D eigenvalue weighted by molar-refractivity contribution is -0.130. The van der Waals surface area contributed by atoms with Crippen LogP contribution >= 0.6 is 0 Å². The van der Waals surface area contributed by atoms with Gasteiger partial charge in [-0.2, -0.15) is 0 Å². The van der Waals surface area contributed by atoms with E-state index in [0.717, 1.165) is 57.9 Å². The molecule has 1 fully saturated rings. The zero-order chi connectivity index (χ0) is 25.8. The number of carbonyl (C=O) groups is 2. The van der Waals surface area contributed by atoms with E-state index in [1.807, 2.05) is 11.9 Å². The topological polar surface area (TPSA) is 53.5 Å². The van der Waals surface area contributed by atoms with E-state index in [1.165, 1.54) is 0 Å². The predicted octanol–water partition coefficient (Wildman–Crippen LogP) is 6.68. The van der Waals surface area contributed by atoms with Crippen LogP contribution < -0.4 is 0 Å². The first-order valence-electron chi connectivity index (χ1n) is 13.3. The number of unbranched alkanes of at least 4 members (excludes halogenated alkanes) is 1. The second-order valence-electron chi connectivity index (χ2n) is 9.04. The van der Waals surface area contributed by atoms with Crippen LogP contribution in [0.3, 0.4) is 0 Å². The molecule has 1 aromatic rings. The summed E-state index contributed by atoms with van der Waals surface area (Å²) in [5, 5.41) is 0. The van der Waals surface area contributed by atoms with Crippen LogP contribution in [0.1, 0.15) is 75.1 Å². The van der Waals surface area contributed by atoms with Gasteiger partial charge in [-0.15, -0.1) is 0 Å². The van der Waals surface area contributed by atoms with Gasteiger partial charge in [-0.25, -0.2) is 0 Å². The van der Waals surface area contributed by atoms with E-state index in [1.54, 1.807) is 29.4 Å². The molecule has 2 heterocycles. The molecule has 1 atom stereocenters. The normalized spacial score (nSPS) is 16.5. The van der Waals surface area contributed by atoms with Crippen LogP contribution in [0.4, 0.5) is 0 Å². The van der Waals surface area contributed by atoms with Gasteiger partial charge in [0.05, 0.1) is 11.6 Å². The minimum Gasteiger partial charge on any atom is -0.341 e. The van der Waals surface area contributed by atoms with Crippen LogP contribution in [0.15, 0.2) is 85.3 Å². The van der Waals surface area contributed by atoms with Gasteiger partial charge in [-0.05, 0) is 63.5 Å². The molecule has 1 aromatic heterocycles. The molecular formula is C31H43N3O2. The van der Waals surface area contributed by atoms with Gasteiger partial charge in [-0.1, -0.05) is 67.7 Å². The van der Waals surface area contributed by atoms with Crippen molar-refractivity contribution in [3.8, 4) is 0 Å². The fourth-order valence-electron chi connectivity index (χ4n) is 4.04. The molecule has 1 aliphatic heterocycles. The van der Waals surface area contributed by atoms with Crippen molar-refractivity contribution in [3.63, 3.8) is 0 Å². The minimum atomic E-state index is -0.0409. The van der Waals surface area contributed by atoms with Crippen molar-refractivity contribution in [2.45, 2.75) is 70.8 Å². The molecule has 2 amide bonds. The number of likely N-dealkylation sites (tertiary alicyclic amines) is 1. The number of nitrogens with zero attached hydrogens (tertiary/aromatic N) is 3. The molecule has 0 aliphatic carbocycles. The molecule has 0 spiro atoms. The van der Waals surface area contributed by atoms with E-state index in [9.17, 15) is 9.59 Å². The third kappa shape index (κ3) is 11.5. The van der Waals surface area contributed by atoms with Crippen molar-refractivity contribution in [3.05, 3.63) is 90.9 Å². The number of aromatic nitrogens is 1. The van der Waals surface area contributed by atoms with Crippen LogP contribution in [-0.4, -0.2) is 52.8 Å². The Morgan fingerprint density at radius 1 is 0.972 bits per heavy atom. The summed E-state index contributed by atoms with van der Waals surface area (Å²) in [6.07, 6.45) is 33.3. The van der Waals surface area contributed by atoms with E-state index in [0.29, 0.717) is 18.5 Å². The largest absolute Gasteiger partial charge is 0.341 e. The summed E-state index contributed by atoms with van der Waals surface area (Å²) in [6, 6.07) is 3.61. The molecule has 5 heteroatoms. The fourth-order valence-corrected chi connectivity index (χ4v) is 4.04. The highest BCUT2D eigenvalue weighted by molar-refractivity contribution is 5.94. The molecule has 1 aliphatic rings. The summed E-state index contributed by atoms with van der Waals surface area (Å²) < 4.78 is 0. The molecule has 0 radical (unpaired) electrons. The summed E-state index contributed by atoms with van der Waals surface area (Å²) in [7, 11) is 1.81. The summed E-state index contributed by atoms with van der Waals surface area (Å²) >= 11 is 0. The monoisotopic (exact) mass is 489 g/mol. The van der Waals surface area contributed by atoms with Gasteiger partial charge in [0.25, 0.3) is 5.91 Å². The SMILES string of the molecule is CC/C=C\C/C=C\C/C=C\C/C=C\C/C=C\CCCC(=O)N1CC[C@H](N(C)C(=O)c2cccnc2)C1. The first kappa shape index (κ1) is 29.0. The third-order valence-corrected chi connectivity index (χ3v) is 6.21. The van der Waals surface area contributed by atoms with Crippen molar-refractivity contribution in [2.24, 2.45) is 0 Å². The molecule has 0 unspecified atom stereocenters. The number of allylic oxidation sites excluding steroid dienone is 10. The van der Waals surface area contributed by atoms with Crippen LogP contribution in [0.2, 0.25) is 0 Å². The van der Waals surface area contributed by atoms with Gasteiger partial charge in [0, 0.05) is 39.0 Å². The molecule has 1 saturated heterocycles. The number of hydrogen-bond acceptors (Lipinski definition) is 3. The minimum absolute atomic E-state index is 0.0409. The molecule has 2 rings (SSSR count). The molecule has 0 bridgehead atoms. The Bertz CT molecular complexity index is 915. The summed E-state index contributed by atoms with van der Waals surface area (Å²) in [4.78, 5) is 32.9. The van der Waals surface area contributed by atoms with E-state index in [2.05, 4.69) is 72.7 Å². The van der Waals surface area contributed by atoms with Crippen LogP contribution in [0.5, 0.6) is 0 Å². The first-order valence-corrected chi connectivity index (χ1v) is 13.3. The van der Waals surface area contributed by atoms with Crippen molar-refractivity contribution in [2.75, 3.05) is 20.1 Å². The number of amides is 2. The number of hydrogen-bond donors (Lipinski definition) is 0. The number of likely N-dealkylation sites (N-methyl/N-ethyl adjacent to an activating group) is 1. The van der Waals surface area contributed by atoms with Gasteiger partial charge in [0.2, 0.25) is 5.91 Å². The highest BCUT2D eigenvalue weighted by atomic mass is 16.2. The Kier molecular flexibility index (Phi) is 14.6. The maximum absolute atomic E-state index is 12.6. The zero-order valence-corrected chi connectivity index (χ0v) is 22.1. The maximum atomic E-state index is 12.6. The van der Waals surface area contributed by atoms with Gasteiger partial charge in [0.1, 0.15) is 0 Å².